The topological polar surface area (TPSA) is 32.3 Å². The summed E-state index contributed by atoms with van der Waals surface area (Å²) in [5, 5.41) is 13.4. The zero-order chi connectivity index (χ0) is 13.1. The molecule has 1 aliphatic carbocycles. The van der Waals surface area contributed by atoms with Crippen molar-refractivity contribution >= 4 is 11.8 Å². The van der Waals surface area contributed by atoms with E-state index in [1.54, 1.807) is 6.07 Å². The Morgan fingerprint density at radius 2 is 2.22 bits per heavy atom. The Balaban J connectivity index is 1.97. The molecule has 18 heavy (non-hydrogen) atoms. The van der Waals surface area contributed by atoms with E-state index in [0.29, 0.717) is 11.6 Å². The molecule has 2 rings (SSSR count). The van der Waals surface area contributed by atoms with E-state index in [2.05, 4.69) is 11.6 Å². The van der Waals surface area contributed by atoms with Crippen LogP contribution in [0, 0.1) is 5.82 Å². The Morgan fingerprint density at radius 1 is 1.44 bits per heavy atom. The van der Waals surface area contributed by atoms with Crippen molar-refractivity contribution in [1.29, 1.82) is 0 Å². The van der Waals surface area contributed by atoms with E-state index in [0.717, 1.165) is 18.1 Å². The first kappa shape index (κ1) is 13.7. The van der Waals surface area contributed by atoms with Crippen LogP contribution < -0.4 is 5.32 Å². The summed E-state index contributed by atoms with van der Waals surface area (Å²) in [6, 6.07) is 4.83. The zero-order valence-corrected chi connectivity index (χ0v) is 11.6. The van der Waals surface area contributed by atoms with Crippen LogP contribution in [-0.2, 0) is 0 Å². The molecular weight excluding hydrogens is 249 g/mol. The molecule has 2 N–H and O–H groups in total. The van der Waals surface area contributed by atoms with Gasteiger partial charge in [-0.1, -0.05) is 6.07 Å². The van der Waals surface area contributed by atoms with Gasteiger partial charge in [0.2, 0.25) is 0 Å². The predicted molar refractivity (Wildman–Crippen MR) is 74.6 cm³/mol. The molecule has 3 unspecified atom stereocenters. The highest BCUT2D eigenvalue weighted by Gasteiger charge is 2.25. The Kier molecular flexibility index (Phi) is 4.51. The predicted octanol–water partition coefficient (Wildman–Crippen LogP) is 3.47. The van der Waals surface area contributed by atoms with Crippen LogP contribution in [0.4, 0.5) is 4.39 Å². The molecule has 1 saturated carbocycles. The molecule has 1 aliphatic rings. The second-order valence-corrected chi connectivity index (χ2v) is 6.10. The highest BCUT2D eigenvalue weighted by Crippen LogP contribution is 2.30. The Morgan fingerprint density at radius 3 is 2.83 bits per heavy atom. The molecule has 1 aromatic carbocycles. The van der Waals surface area contributed by atoms with Crippen molar-refractivity contribution in [3.63, 3.8) is 0 Å². The van der Waals surface area contributed by atoms with Crippen LogP contribution in [0.25, 0.3) is 0 Å². The number of thioether (sulfide) groups is 1. The smallest absolute Gasteiger partial charge is 0.131 e. The van der Waals surface area contributed by atoms with Gasteiger partial charge in [0, 0.05) is 29.0 Å². The normalized spacial score (nSPS) is 25.3. The molecule has 0 saturated heterocycles. The van der Waals surface area contributed by atoms with Crippen molar-refractivity contribution in [2.75, 3.05) is 6.26 Å². The maximum Gasteiger partial charge on any atom is 0.131 e. The van der Waals surface area contributed by atoms with Crippen molar-refractivity contribution in [2.24, 2.45) is 0 Å². The standard InChI is InChI=1S/C14H20FNOS/c1-9(13-6-4-11(17)8-14(13)15)16-10-3-5-12(7-10)18-2/h4,6,8-10,12,16-17H,3,5,7H2,1-2H3. The Labute approximate surface area is 112 Å². The van der Waals surface area contributed by atoms with E-state index in [-0.39, 0.29) is 17.6 Å². The monoisotopic (exact) mass is 269 g/mol. The van der Waals surface area contributed by atoms with Gasteiger partial charge in [-0.15, -0.1) is 0 Å². The molecule has 0 amide bonds. The van der Waals surface area contributed by atoms with Crippen molar-refractivity contribution < 1.29 is 9.50 Å². The minimum absolute atomic E-state index is 0.0174. The third-order valence-corrected chi connectivity index (χ3v) is 4.75. The van der Waals surface area contributed by atoms with E-state index in [4.69, 9.17) is 0 Å². The summed E-state index contributed by atoms with van der Waals surface area (Å²) in [5.74, 6) is -0.360. The van der Waals surface area contributed by atoms with Crippen LogP contribution in [0.2, 0.25) is 0 Å². The first-order valence-corrected chi connectivity index (χ1v) is 7.66. The molecule has 0 aliphatic heterocycles. The van der Waals surface area contributed by atoms with Crippen LogP contribution in [0.1, 0.15) is 37.8 Å². The number of hydrogen-bond donors (Lipinski definition) is 2. The number of rotatable bonds is 4. The average Bonchev–Trinajstić information content (AvgIpc) is 2.76. The molecule has 0 bridgehead atoms. The third kappa shape index (κ3) is 3.18. The third-order valence-electron chi connectivity index (χ3n) is 3.65. The second kappa shape index (κ2) is 5.93. The number of benzene rings is 1. The SMILES string of the molecule is CSC1CCC(NC(C)c2ccc(O)cc2F)C1. The van der Waals surface area contributed by atoms with Crippen LogP contribution in [-0.4, -0.2) is 22.7 Å². The molecule has 0 radical (unpaired) electrons. The largest absolute Gasteiger partial charge is 0.508 e. The molecular formula is C14H20FNOS. The van der Waals surface area contributed by atoms with Gasteiger partial charge < -0.3 is 10.4 Å². The van der Waals surface area contributed by atoms with E-state index >= 15 is 0 Å². The van der Waals surface area contributed by atoms with Crippen molar-refractivity contribution in [3.8, 4) is 5.75 Å². The summed E-state index contributed by atoms with van der Waals surface area (Å²) in [6.45, 7) is 1.97. The highest BCUT2D eigenvalue weighted by molar-refractivity contribution is 7.99. The fraction of sp³-hybridized carbons (Fsp3) is 0.571. The molecule has 4 heteroatoms. The molecule has 0 spiro atoms. The first-order valence-electron chi connectivity index (χ1n) is 6.37. The lowest BCUT2D eigenvalue weighted by Gasteiger charge is -2.20. The summed E-state index contributed by atoms with van der Waals surface area (Å²) >= 11 is 1.92. The second-order valence-electron chi connectivity index (χ2n) is 4.96. The van der Waals surface area contributed by atoms with Crippen molar-refractivity contribution in [2.45, 2.75) is 43.5 Å². The lowest BCUT2D eigenvalue weighted by atomic mass is 10.1. The maximum atomic E-state index is 13.7. The fourth-order valence-corrected chi connectivity index (χ4v) is 3.41. The average molecular weight is 269 g/mol. The summed E-state index contributed by atoms with van der Waals surface area (Å²) in [6.07, 6.45) is 5.71. The van der Waals surface area contributed by atoms with Gasteiger partial charge in [0.15, 0.2) is 0 Å². The molecule has 1 fully saturated rings. The molecule has 3 atom stereocenters. The van der Waals surface area contributed by atoms with Gasteiger partial charge in [0.05, 0.1) is 0 Å². The van der Waals surface area contributed by atoms with Crippen LogP contribution >= 0.6 is 11.8 Å². The summed E-state index contributed by atoms with van der Waals surface area (Å²) < 4.78 is 13.7. The van der Waals surface area contributed by atoms with E-state index in [1.807, 2.05) is 18.7 Å². The number of phenolic OH excluding ortho intramolecular Hbond substituents is 1. The fourth-order valence-electron chi connectivity index (χ4n) is 2.62. The number of phenols is 1. The number of halogens is 1. The van der Waals surface area contributed by atoms with Gasteiger partial charge >= 0.3 is 0 Å². The summed E-state index contributed by atoms with van der Waals surface area (Å²) in [4.78, 5) is 0. The number of nitrogens with one attached hydrogen (secondary N) is 1. The summed E-state index contributed by atoms with van der Waals surface area (Å²) in [7, 11) is 0. The molecule has 0 heterocycles. The molecule has 100 valence electrons. The minimum Gasteiger partial charge on any atom is -0.508 e. The van der Waals surface area contributed by atoms with Gasteiger partial charge in [-0.25, -0.2) is 4.39 Å². The summed E-state index contributed by atoms with van der Waals surface area (Å²) in [5.41, 5.74) is 0.625. The quantitative estimate of drug-likeness (QED) is 0.878. The van der Waals surface area contributed by atoms with Crippen molar-refractivity contribution in [1.82, 2.24) is 5.32 Å². The molecule has 0 aromatic heterocycles. The van der Waals surface area contributed by atoms with E-state index in [9.17, 15) is 9.50 Å². The van der Waals surface area contributed by atoms with E-state index in [1.165, 1.54) is 18.6 Å². The lowest BCUT2D eigenvalue weighted by molar-refractivity contribution is 0.440. The Bertz CT molecular complexity index is 413. The van der Waals surface area contributed by atoms with Gasteiger partial charge in [0.1, 0.15) is 11.6 Å². The maximum absolute atomic E-state index is 13.7. The first-order chi connectivity index (χ1) is 8.60. The van der Waals surface area contributed by atoms with Crippen LogP contribution in [0.5, 0.6) is 5.75 Å². The van der Waals surface area contributed by atoms with Gasteiger partial charge in [-0.2, -0.15) is 11.8 Å². The molecule has 1 aromatic rings. The van der Waals surface area contributed by atoms with Gasteiger partial charge in [-0.3, -0.25) is 0 Å². The Hall–Kier alpha value is -0.740. The van der Waals surface area contributed by atoms with E-state index < -0.39 is 0 Å². The lowest BCUT2D eigenvalue weighted by Crippen LogP contribution is -2.30. The highest BCUT2D eigenvalue weighted by atomic mass is 32.2. The molecule has 2 nitrogen and oxygen atoms in total. The minimum atomic E-state index is -0.339. The van der Waals surface area contributed by atoms with Gasteiger partial charge in [0.25, 0.3) is 0 Å². The van der Waals surface area contributed by atoms with Crippen LogP contribution in [0.3, 0.4) is 0 Å². The van der Waals surface area contributed by atoms with Gasteiger partial charge in [-0.05, 0) is 38.5 Å². The number of aromatic hydroxyl groups is 1. The van der Waals surface area contributed by atoms with Crippen LogP contribution in [0.15, 0.2) is 18.2 Å². The zero-order valence-electron chi connectivity index (χ0n) is 10.8. The van der Waals surface area contributed by atoms with Crippen molar-refractivity contribution in [3.05, 3.63) is 29.6 Å². The number of hydrogen-bond acceptors (Lipinski definition) is 3.